The Hall–Kier alpha value is 0.280. The molecule has 0 amide bonds. The monoisotopic (exact) mass is 165 g/mol. The summed E-state index contributed by atoms with van der Waals surface area (Å²) in [6.07, 6.45) is 4.53. The summed E-state index contributed by atoms with van der Waals surface area (Å²) in [5.41, 5.74) is 5.56. The number of rotatable bonds is 0. The van der Waals surface area contributed by atoms with Gasteiger partial charge in [-0.15, -0.1) is 23.2 Å². The highest BCUT2D eigenvalue weighted by Gasteiger charge is 2.19. The minimum Gasteiger partial charge on any atom is -0.323 e. The Morgan fingerprint density at radius 2 is 2.00 bits per heavy atom. The summed E-state index contributed by atoms with van der Waals surface area (Å²) in [6, 6.07) is -0.0123. The Morgan fingerprint density at radius 3 is 2.44 bits per heavy atom. The van der Waals surface area contributed by atoms with Crippen molar-refractivity contribution in [2.24, 2.45) is 5.73 Å². The molecule has 0 aromatic rings. The van der Waals surface area contributed by atoms with Gasteiger partial charge in [0.25, 0.3) is 0 Å². The van der Waals surface area contributed by atoms with Crippen LogP contribution in [0.15, 0.2) is 12.2 Å². The van der Waals surface area contributed by atoms with Gasteiger partial charge in [-0.25, -0.2) is 0 Å². The van der Waals surface area contributed by atoms with Gasteiger partial charge in [0.05, 0.1) is 10.8 Å². The van der Waals surface area contributed by atoms with Gasteiger partial charge in [0.1, 0.15) is 0 Å². The third-order valence-corrected chi connectivity index (χ3v) is 2.20. The van der Waals surface area contributed by atoms with Crippen LogP contribution in [0, 0.1) is 0 Å². The van der Waals surface area contributed by atoms with Crippen LogP contribution < -0.4 is 5.73 Å². The molecule has 1 aliphatic rings. The maximum atomic E-state index is 5.80. The zero-order valence-corrected chi connectivity index (χ0v) is 6.44. The van der Waals surface area contributed by atoms with Crippen LogP contribution in [0.2, 0.25) is 0 Å². The topological polar surface area (TPSA) is 26.0 Å². The van der Waals surface area contributed by atoms with Gasteiger partial charge in [0.15, 0.2) is 0 Å². The van der Waals surface area contributed by atoms with Crippen LogP contribution in [0.5, 0.6) is 0 Å². The molecule has 0 saturated carbocycles. The highest BCUT2D eigenvalue weighted by molar-refractivity contribution is 6.25. The predicted molar refractivity (Wildman–Crippen MR) is 41.0 cm³/mol. The van der Waals surface area contributed by atoms with Gasteiger partial charge >= 0.3 is 0 Å². The highest BCUT2D eigenvalue weighted by atomic mass is 35.5. The number of hydrogen-bond donors (Lipinski definition) is 1. The smallest absolute Gasteiger partial charge is 0.0540 e. The van der Waals surface area contributed by atoms with E-state index in [0.29, 0.717) is 0 Å². The predicted octanol–water partition coefficient (Wildman–Crippen LogP) is 1.49. The fourth-order valence-electron chi connectivity index (χ4n) is 0.820. The van der Waals surface area contributed by atoms with Crippen LogP contribution in [0.3, 0.4) is 0 Å². The van der Waals surface area contributed by atoms with E-state index < -0.39 is 0 Å². The molecule has 0 bridgehead atoms. The Bertz CT molecular complexity index is 124. The van der Waals surface area contributed by atoms with Crippen molar-refractivity contribution in [3.05, 3.63) is 12.2 Å². The fourth-order valence-corrected chi connectivity index (χ4v) is 1.46. The van der Waals surface area contributed by atoms with Gasteiger partial charge in [0, 0.05) is 6.04 Å². The summed E-state index contributed by atoms with van der Waals surface area (Å²) in [5, 5.41) is 0.0878. The molecule has 52 valence electrons. The van der Waals surface area contributed by atoms with Crippen molar-refractivity contribution in [3.63, 3.8) is 0 Å². The van der Waals surface area contributed by atoms with E-state index in [4.69, 9.17) is 28.9 Å². The first-order chi connectivity index (χ1) is 4.20. The minimum atomic E-state index is -0.0123. The van der Waals surface area contributed by atoms with Crippen molar-refractivity contribution in [1.82, 2.24) is 0 Å². The second-order valence-corrected chi connectivity index (χ2v) is 3.35. The molecule has 3 heteroatoms. The molecule has 0 aliphatic heterocycles. The van der Waals surface area contributed by atoms with E-state index >= 15 is 0 Å². The molecule has 9 heavy (non-hydrogen) atoms. The van der Waals surface area contributed by atoms with Crippen LogP contribution in [-0.2, 0) is 0 Å². The van der Waals surface area contributed by atoms with Crippen LogP contribution in [0.4, 0.5) is 0 Å². The molecule has 2 N–H and O–H groups in total. The first-order valence-electron chi connectivity index (χ1n) is 2.92. The van der Waals surface area contributed by atoms with Gasteiger partial charge in [-0.05, 0) is 6.42 Å². The molecule has 3 unspecified atom stereocenters. The maximum absolute atomic E-state index is 5.80. The standard InChI is InChI=1S/C6H9Cl2N/c7-4-1-2-6(9)5(8)3-4/h1-2,4-6H,3,9H2. The van der Waals surface area contributed by atoms with Crippen LogP contribution in [-0.4, -0.2) is 16.8 Å². The van der Waals surface area contributed by atoms with Gasteiger partial charge < -0.3 is 5.73 Å². The average Bonchev–Trinajstić information content (AvgIpc) is 1.80. The lowest BCUT2D eigenvalue weighted by atomic mass is 10.0. The normalized spacial score (nSPS) is 43.2. The lowest BCUT2D eigenvalue weighted by Gasteiger charge is -2.20. The Kier molecular flexibility index (Phi) is 2.39. The molecular weight excluding hydrogens is 157 g/mol. The van der Waals surface area contributed by atoms with Crippen LogP contribution >= 0.6 is 23.2 Å². The molecule has 1 nitrogen and oxygen atoms in total. The highest BCUT2D eigenvalue weighted by Crippen LogP contribution is 2.19. The molecule has 1 rings (SSSR count). The van der Waals surface area contributed by atoms with Crippen molar-refractivity contribution in [2.75, 3.05) is 0 Å². The molecule has 3 atom stereocenters. The average molecular weight is 166 g/mol. The molecular formula is C6H9Cl2N. The number of nitrogens with two attached hydrogens (primary N) is 1. The Morgan fingerprint density at radius 1 is 1.33 bits per heavy atom. The summed E-state index contributed by atoms with van der Waals surface area (Å²) >= 11 is 11.6. The van der Waals surface area contributed by atoms with E-state index in [0.717, 1.165) is 6.42 Å². The third kappa shape index (κ3) is 1.85. The van der Waals surface area contributed by atoms with E-state index in [1.54, 1.807) is 0 Å². The zero-order chi connectivity index (χ0) is 6.85. The van der Waals surface area contributed by atoms with E-state index in [-0.39, 0.29) is 16.8 Å². The molecule has 0 heterocycles. The van der Waals surface area contributed by atoms with Crippen LogP contribution in [0.25, 0.3) is 0 Å². The van der Waals surface area contributed by atoms with Crippen molar-refractivity contribution in [3.8, 4) is 0 Å². The largest absolute Gasteiger partial charge is 0.323 e. The molecule has 0 aromatic heterocycles. The summed E-state index contributed by atoms with van der Waals surface area (Å²) < 4.78 is 0. The molecule has 0 aromatic carbocycles. The summed E-state index contributed by atoms with van der Waals surface area (Å²) in [5.74, 6) is 0. The second-order valence-electron chi connectivity index (χ2n) is 2.23. The van der Waals surface area contributed by atoms with Gasteiger partial charge in [-0.3, -0.25) is 0 Å². The lowest BCUT2D eigenvalue weighted by molar-refractivity contribution is 0.659. The third-order valence-electron chi connectivity index (χ3n) is 1.41. The van der Waals surface area contributed by atoms with Gasteiger partial charge in [-0.2, -0.15) is 0 Å². The summed E-state index contributed by atoms with van der Waals surface area (Å²) in [6.45, 7) is 0. The Balaban J connectivity index is 2.54. The number of allylic oxidation sites excluding steroid dienone is 1. The van der Waals surface area contributed by atoms with Crippen molar-refractivity contribution < 1.29 is 0 Å². The fraction of sp³-hybridized carbons (Fsp3) is 0.667. The van der Waals surface area contributed by atoms with Crippen LogP contribution in [0.1, 0.15) is 6.42 Å². The summed E-state index contributed by atoms with van der Waals surface area (Å²) in [7, 11) is 0. The SMILES string of the molecule is NC1C=CC(Cl)CC1Cl. The molecule has 0 saturated heterocycles. The molecule has 0 spiro atoms. The zero-order valence-electron chi connectivity index (χ0n) is 4.93. The molecule has 1 aliphatic carbocycles. The lowest BCUT2D eigenvalue weighted by Crippen LogP contribution is -2.33. The number of alkyl halides is 2. The molecule has 0 fully saturated rings. The van der Waals surface area contributed by atoms with Crippen molar-refractivity contribution in [1.29, 1.82) is 0 Å². The second kappa shape index (κ2) is 2.91. The maximum Gasteiger partial charge on any atom is 0.0540 e. The number of halogens is 2. The van der Waals surface area contributed by atoms with Crippen molar-refractivity contribution in [2.45, 2.75) is 23.2 Å². The first kappa shape index (κ1) is 7.39. The minimum absolute atomic E-state index is 0.0116. The quantitative estimate of drug-likeness (QED) is 0.428. The summed E-state index contributed by atoms with van der Waals surface area (Å²) in [4.78, 5) is 0. The number of hydrogen-bond acceptors (Lipinski definition) is 1. The van der Waals surface area contributed by atoms with E-state index in [1.807, 2.05) is 12.2 Å². The molecule has 0 radical (unpaired) electrons. The van der Waals surface area contributed by atoms with Crippen molar-refractivity contribution >= 4 is 23.2 Å². The van der Waals surface area contributed by atoms with Gasteiger partial charge in [-0.1, -0.05) is 12.2 Å². The van der Waals surface area contributed by atoms with E-state index in [2.05, 4.69) is 0 Å². The van der Waals surface area contributed by atoms with Gasteiger partial charge in [0.2, 0.25) is 0 Å². The first-order valence-corrected chi connectivity index (χ1v) is 3.79. The van der Waals surface area contributed by atoms with E-state index in [9.17, 15) is 0 Å². The van der Waals surface area contributed by atoms with E-state index in [1.165, 1.54) is 0 Å². The Labute approximate surface area is 64.8 Å².